The molecule has 5 nitrogen and oxygen atoms in total. The zero-order chi connectivity index (χ0) is 21.9. The predicted octanol–water partition coefficient (Wildman–Crippen LogP) is 5.38. The van der Waals surface area contributed by atoms with Crippen molar-refractivity contribution in [2.75, 3.05) is 13.7 Å². The molecule has 0 aliphatic rings. The van der Waals surface area contributed by atoms with Gasteiger partial charge in [0.2, 0.25) is 0 Å². The molecule has 3 rings (SSSR count). The summed E-state index contributed by atoms with van der Waals surface area (Å²) in [7, 11) is 1.62. The van der Waals surface area contributed by atoms with Crippen LogP contribution in [0.3, 0.4) is 0 Å². The predicted molar refractivity (Wildman–Crippen MR) is 122 cm³/mol. The number of rotatable bonds is 11. The maximum Gasteiger partial charge on any atom is 0.251 e. The van der Waals surface area contributed by atoms with E-state index in [9.17, 15) is 4.79 Å². The molecule has 0 aromatic heterocycles. The fraction of sp³-hybridized carbons (Fsp3) is 0.269. The Bertz CT molecular complexity index is 955. The van der Waals surface area contributed by atoms with Crippen LogP contribution < -0.4 is 19.5 Å². The summed E-state index contributed by atoms with van der Waals surface area (Å²) in [4.78, 5) is 12.5. The van der Waals surface area contributed by atoms with Gasteiger partial charge in [-0.05, 0) is 53.9 Å². The monoisotopic (exact) mass is 419 g/mol. The van der Waals surface area contributed by atoms with Crippen LogP contribution >= 0.6 is 0 Å². The Morgan fingerprint density at radius 2 is 1.65 bits per heavy atom. The van der Waals surface area contributed by atoms with E-state index in [1.165, 1.54) is 0 Å². The second kappa shape index (κ2) is 11.6. The SMILES string of the molecule is CCCCOc1ccc(CNC(=O)c2ccc(OCc3ccccc3)cc2)cc1OC. The van der Waals surface area contributed by atoms with E-state index < -0.39 is 0 Å². The molecule has 162 valence electrons. The van der Waals surface area contributed by atoms with Crippen LogP contribution in [-0.2, 0) is 13.2 Å². The van der Waals surface area contributed by atoms with Crippen LogP contribution in [-0.4, -0.2) is 19.6 Å². The van der Waals surface area contributed by atoms with Gasteiger partial charge < -0.3 is 19.5 Å². The van der Waals surface area contributed by atoms with Crippen molar-refractivity contribution in [2.24, 2.45) is 0 Å². The second-order valence-electron chi connectivity index (χ2n) is 7.17. The smallest absolute Gasteiger partial charge is 0.251 e. The van der Waals surface area contributed by atoms with E-state index in [1.807, 2.05) is 60.7 Å². The van der Waals surface area contributed by atoms with E-state index in [0.717, 1.165) is 35.5 Å². The Morgan fingerprint density at radius 3 is 2.35 bits per heavy atom. The summed E-state index contributed by atoms with van der Waals surface area (Å²) in [5, 5.41) is 2.94. The van der Waals surface area contributed by atoms with Gasteiger partial charge in [-0.25, -0.2) is 0 Å². The fourth-order valence-electron chi connectivity index (χ4n) is 3.00. The number of nitrogens with one attached hydrogen (secondary N) is 1. The molecule has 3 aromatic carbocycles. The Labute approximate surface area is 184 Å². The summed E-state index contributed by atoms with van der Waals surface area (Å²) in [5.41, 5.74) is 2.62. The number of hydrogen-bond acceptors (Lipinski definition) is 4. The average Bonchev–Trinajstić information content (AvgIpc) is 2.83. The van der Waals surface area contributed by atoms with Crippen LogP contribution in [0.4, 0.5) is 0 Å². The molecule has 1 amide bonds. The van der Waals surface area contributed by atoms with Crippen molar-refractivity contribution in [1.29, 1.82) is 0 Å². The van der Waals surface area contributed by atoms with Crippen molar-refractivity contribution in [3.05, 3.63) is 89.5 Å². The highest BCUT2D eigenvalue weighted by Gasteiger charge is 2.09. The molecule has 0 heterocycles. The maximum absolute atomic E-state index is 12.5. The number of ether oxygens (including phenoxy) is 3. The molecule has 0 saturated heterocycles. The van der Waals surface area contributed by atoms with E-state index in [0.29, 0.717) is 31.1 Å². The third-order valence-electron chi connectivity index (χ3n) is 4.80. The Kier molecular flexibility index (Phi) is 8.35. The van der Waals surface area contributed by atoms with E-state index >= 15 is 0 Å². The highest BCUT2D eigenvalue weighted by atomic mass is 16.5. The molecule has 0 unspecified atom stereocenters. The largest absolute Gasteiger partial charge is 0.493 e. The minimum Gasteiger partial charge on any atom is -0.493 e. The fourth-order valence-corrected chi connectivity index (χ4v) is 3.00. The zero-order valence-corrected chi connectivity index (χ0v) is 18.1. The van der Waals surface area contributed by atoms with E-state index in [4.69, 9.17) is 14.2 Å². The molecule has 0 atom stereocenters. The van der Waals surface area contributed by atoms with Gasteiger partial charge in [-0.3, -0.25) is 4.79 Å². The van der Waals surface area contributed by atoms with Crippen LogP contribution in [0.1, 0.15) is 41.3 Å². The minimum absolute atomic E-state index is 0.142. The first-order valence-corrected chi connectivity index (χ1v) is 10.5. The summed E-state index contributed by atoms with van der Waals surface area (Å²) in [5.74, 6) is 1.97. The number of carbonyl (C=O) groups is 1. The van der Waals surface area contributed by atoms with Crippen molar-refractivity contribution < 1.29 is 19.0 Å². The van der Waals surface area contributed by atoms with E-state index in [-0.39, 0.29) is 5.91 Å². The van der Waals surface area contributed by atoms with Crippen LogP contribution in [0.25, 0.3) is 0 Å². The molecule has 31 heavy (non-hydrogen) atoms. The first-order valence-electron chi connectivity index (χ1n) is 10.5. The highest BCUT2D eigenvalue weighted by molar-refractivity contribution is 5.94. The first kappa shape index (κ1) is 22.2. The van der Waals surface area contributed by atoms with Crippen LogP contribution in [0.2, 0.25) is 0 Å². The Morgan fingerprint density at radius 1 is 0.871 bits per heavy atom. The molecule has 0 aliphatic carbocycles. The van der Waals surface area contributed by atoms with Crippen molar-refractivity contribution in [3.63, 3.8) is 0 Å². The van der Waals surface area contributed by atoms with Gasteiger partial charge in [0.25, 0.3) is 5.91 Å². The lowest BCUT2D eigenvalue weighted by atomic mass is 10.1. The van der Waals surface area contributed by atoms with Gasteiger partial charge >= 0.3 is 0 Å². The standard InChI is InChI=1S/C26H29NO4/c1-3-4-16-30-24-15-10-21(17-25(24)29-2)18-27-26(28)22-11-13-23(14-12-22)31-19-20-8-6-5-7-9-20/h5-15,17H,3-4,16,18-19H2,1-2H3,(H,27,28). The first-order chi connectivity index (χ1) is 15.2. The van der Waals surface area contributed by atoms with Gasteiger partial charge in [-0.15, -0.1) is 0 Å². The van der Waals surface area contributed by atoms with Gasteiger partial charge in [-0.2, -0.15) is 0 Å². The topological polar surface area (TPSA) is 56.8 Å². The Balaban J connectivity index is 1.52. The number of hydrogen-bond donors (Lipinski definition) is 1. The van der Waals surface area contributed by atoms with Crippen LogP contribution in [0.15, 0.2) is 72.8 Å². The normalized spacial score (nSPS) is 10.4. The van der Waals surface area contributed by atoms with Gasteiger partial charge in [0.1, 0.15) is 12.4 Å². The number of methoxy groups -OCH3 is 1. The lowest BCUT2D eigenvalue weighted by Crippen LogP contribution is -2.22. The van der Waals surface area contributed by atoms with E-state index in [1.54, 1.807) is 19.2 Å². The Hall–Kier alpha value is -3.47. The maximum atomic E-state index is 12.5. The third-order valence-corrected chi connectivity index (χ3v) is 4.80. The molecule has 0 bridgehead atoms. The third kappa shape index (κ3) is 6.78. The van der Waals surface area contributed by atoms with Crippen molar-refractivity contribution in [2.45, 2.75) is 32.9 Å². The summed E-state index contributed by atoms with van der Waals surface area (Å²) >= 11 is 0. The summed E-state index contributed by atoms with van der Waals surface area (Å²) in [6, 6.07) is 22.8. The summed E-state index contributed by atoms with van der Waals surface area (Å²) in [6.07, 6.45) is 2.07. The van der Waals surface area contributed by atoms with Crippen LogP contribution in [0.5, 0.6) is 17.2 Å². The molecule has 0 saturated carbocycles. The number of carbonyl (C=O) groups excluding carboxylic acids is 1. The lowest BCUT2D eigenvalue weighted by molar-refractivity contribution is 0.0951. The molecule has 0 spiro atoms. The van der Waals surface area contributed by atoms with Crippen molar-refractivity contribution in [3.8, 4) is 17.2 Å². The van der Waals surface area contributed by atoms with Crippen molar-refractivity contribution >= 4 is 5.91 Å². The lowest BCUT2D eigenvalue weighted by Gasteiger charge is -2.12. The van der Waals surface area contributed by atoms with Gasteiger partial charge in [-0.1, -0.05) is 49.7 Å². The molecule has 3 aromatic rings. The zero-order valence-electron chi connectivity index (χ0n) is 18.1. The average molecular weight is 420 g/mol. The number of amides is 1. The summed E-state index contributed by atoms with van der Waals surface area (Å²) in [6.45, 7) is 3.68. The van der Waals surface area contributed by atoms with Gasteiger partial charge in [0, 0.05) is 12.1 Å². The molecular weight excluding hydrogens is 390 g/mol. The van der Waals surface area contributed by atoms with E-state index in [2.05, 4.69) is 12.2 Å². The minimum atomic E-state index is -0.142. The molecular formula is C26H29NO4. The summed E-state index contributed by atoms with van der Waals surface area (Å²) < 4.78 is 16.9. The van der Waals surface area contributed by atoms with Crippen LogP contribution in [0, 0.1) is 0 Å². The van der Waals surface area contributed by atoms with Crippen molar-refractivity contribution in [1.82, 2.24) is 5.32 Å². The molecule has 5 heteroatoms. The van der Waals surface area contributed by atoms with Gasteiger partial charge in [0.05, 0.1) is 13.7 Å². The highest BCUT2D eigenvalue weighted by Crippen LogP contribution is 2.28. The number of benzene rings is 3. The quantitative estimate of drug-likeness (QED) is 0.424. The molecule has 1 N–H and O–H groups in total. The second-order valence-corrected chi connectivity index (χ2v) is 7.17. The molecule has 0 aliphatic heterocycles. The molecule has 0 fully saturated rings. The number of unbranched alkanes of at least 4 members (excludes halogenated alkanes) is 1. The molecule has 0 radical (unpaired) electrons. The van der Waals surface area contributed by atoms with Gasteiger partial charge in [0.15, 0.2) is 11.5 Å².